The summed E-state index contributed by atoms with van der Waals surface area (Å²) in [6.45, 7) is 0. The maximum Gasteiger partial charge on any atom is 0.225 e. The Hall–Kier alpha value is -1.65. The van der Waals surface area contributed by atoms with Crippen LogP contribution in [-0.2, 0) is 0 Å². The van der Waals surface area contributed by atoms with Crippen molar-refractivity contribution in [3.8, 4) is 10.4 Å². The Labute approximate surface area is 125 Å². The van der Waals surface area contributed by atoms with E-state index in [1.165, 1.54) is 23.3 Å². The number of thiophene rings is 1. The number of anilines is 1. The van der Waals surface area contributed by atoms with Crippen molar-refractivity contribution in [2.75, 3.05) is 5.32 Å². The SMILES string of the molecule is Clc1nc(NC2CC2)c2cc(-c3ccccc3)sc2n1. The van der Waals surface area contributed by atoms with Crippen molar-refractivity contribution < 1.29 is 0 Å². The largest absolute Gasteiger partial charge is 0.367 e. The van der Waals surface area contributed by atoms with Gasteiger partial charge in [-0.2, -0.15) is 0 Å². The van der Waals surface area contributed by atoms with Crippen molar-refractivity contribution in [2.24, 2.45) is 0 Å². The van der Waals surface area contributed by atoms with Crippen LogP contribution in [0.25, 0.3) is 20.7 Å². The van der Waals surface area contributed by atoms with E-state index >= 15 is 0 Å². The Balaban J connectivity index is 1.85. The van der Waals surface area contributed by atoms with Crippen LogP contribution in [0.2, 0.25) is 5.28 Å². The van der Waals surface area contributed by atoms with Gasteiger partial charge in [-0.05, 0) is 36.1 Å². The molecule has 0 atom stereocenters. The van der Waals surface area contributed by atoms with Gasteiger partial charge >= 0.3 is 0 Å². The highest BCUT2D eigenvalue weighted by Crippen LogP contribution is 2.37. The van der Waals surface area contributed by atoms with Gasteiger partial charge in [-0.25, -0.2) is 9.97 Å². The highest BCUT2D eigenvalue weighted by molar-refractivity contribution is 7.22. The molecule has 1 aliphatic carbocycles. The van der Waals surface area contributed by atoms with Crippen LogP contribution >= 0.6 is 22.9 Å². The molecule has 0 spiro atoms. The molecule has 1 N–H and O–H groups in total. The number of aromatic nitrogens is 2. The van der Waals surface area contributed by atoms with Crippen molar-refractivity contribution in [2.45, 2.75) is 18.9 Å². The number of nitrogens with one attached hydrogen (secondary N) is 1. The molecule has 0 radical (unpaired) electrons. The molecule has 3 nitrogen and oxygen atoms in total. The zero-order valence-electron chi connectivity index (χ0n) is 10.6. The van der Waals surface area contributed by atoms with Gasteiger partial charge in [0.15, 0.2) is 0 Å². The van der Waals surface area contributed by atoms with Gasteiger partial charge < -0.3 is 5.32 Å². The number of nitrogens with zero attached hydrogens (tertiary/aromatic N) is 2. The first-order chi connectivity index (χ1) is 9.79. The predicted octanol–water partition coefficient (Wildman–Crippen LogP) is 4.59. The first-order valence-electron chi connectivity index (χ1n) is 6.58. The first-order valence-corrected chi connectivity index (χ1v) is 7.78. The minimum Gasteiger partial charge on any atom is -0.367 e. The van der Waals surface area contributed by atoms with E-state index in [2.05, 4.69) is 33.5 Å². The molecule has 0 amide bonds. The van der Waals surface area contributed by atoms with E-state index in [-0.39, 0.29) is 0 Å². The molecule has 5 heteroatoms. The van der Waals surface area contributed by atoms with Crippen LogP contribution in [0.1, 0.15) is 12.8 Å². The fourth-order valence-electron chi connectivity index (χ4n) is 2.17. The summed E-state index contributed by atoms with van der Waals surface area (Å²) >= 11 is 7.68. The average Bonchev–Trinajstić information content (AvgIpc) is 3.16. The molecule has 0 bridgehead atoms. The van der Waals surface area contributed by atoms with Gasteiger partial charge in [0, 0.05) is 10.9 Å². The van der Waals surface area contributed by atoms with Crippen LogP contribution in [0.4, 0.5) is 5.82 Å². The second kappa shape index (κ2) is 4.72. The summed E-state index contributed by atoms with van der Waals surface area (Å²) in [4.78, 5) is 10.8. The smallest absolute Gasteiger partial charge is 0.225 e. The molecular weight excluding hydrogens is 290 g/mol. The number of benzene rings is 1. The molecule has 20 heavy (non-hydrogen) atoms. The molecule has 0 aliphatic heterocycles. The Kier molecular flexibility index (Phi) is 2.86. The van der Waals surface area contributed by atoms with Crippen molar-refractivity contribution in [3.05, 3.63) is 41.7 Å². The summed E-state index contributed by atoms with van der Waals surface area (Å²) in [5, 5.41) is 4.80. The second-order valence-corrected chi connectivity index (χ2v) is 6.32. The lowest BCUT2D eigenvalue weighted by Gasteiger charge is -2.04. The fourth-order valence-corrected chi connectivity index (χ4v) is 3.43. The van der Waals surface area contributed by atoms with Crippen LogP contribution in [0.5, 0.6) is 0 Å². The van der Waals surface area contributed by atoms with E-state index in [1.807, 2.05) is 18.2 Å². The summed E-state index contributed by atoms with van der Waals surface area (Å²) < 4.78 is 0. The minimum absolute atomic E-state index is 0.308. The molecule has 100 valence electrons. The lowest BCUT2D eigenvalue weighted by molar-refractivity contribution is 1.11. The topological polar surface area (TPSA) is 37.8 Å². The standard InChI is InChI=1S/C15H12ClN3S/c16-15-18-13(17-10-6-7-10)11-8-12(20-14(11)19-15)9-4-2-1-3-5-9/h1-5,8,10H,6-7H2,(H,17,18,19). The first kappa shape index (κ1) is 12.1. The molecule has 2 heterocycles. The molecule has 4 rings (SSSR count). The summed E-state index contributed by atoms with van der Waals surface area (Å²) in [5.41, 5.74) is 1.20. The van der Waals surface area contributed by atoms with E-state index in [1.54, 1.807) is 11.3 Å². The quantitative estimate of drug-likeness (QED) is 0.719. The number of hydrogen-bond donors (Lipinski definition) is 1. The van der Waals surface area contributed by atoms with E-state index in [0.29, 0.717) is 11.3 Å². The predicted molar refractivity (Wildman–Crippen MR) is 84.5 cm³/mol. The Morgan fingerprint density at radius 3 is 2.70 bits per heavy atom. The lowest BCUT2D eigenvalue weighted by atomic mass is 10.2. The third-order valence-corrected chi connectivity index (χ3v) is 4.59. The molecule has 1 aromatic carbocycles. The monoisotopic (exact) mass is 301 g/mol. The van der Waals surface area contributed by atoms with E-state index in [9.17, 15) is 0 Å². The highest BCUT2D eigenvalue weighted by Gasteiger charge is 2.23. The molecule has 1 aliphatic rings. The fraction of sp³-hybridized carbons (Fsp3) is 0.200. The van der Waals surface area contributed by atoms with E-state index in [0.717, 1.165) is 16.0 Å². The van der Waals surface area contributed by atoms with Crippen molar-refractivity contribution in [3.63, 3.8) is 0 Å². The highest BCUT2D eigenvalue weighted by atomic mass is 35.5. The normalized spacial score (nSPS) is 14.7. The molecule has 2 aromatic heterocycles. The van der Waals surface area contributed by atoms with Gasteiger partial charge in [-0.15, -0.1) is 11.3 Å². The summed E-state index contributed by atoms with van der Waals surface area (Å²) in [5.74, 6) is 0.862. The Bertz CT molecular complexity index is 765. The van der Waals surface area contributed by atoms with Crippen LogP contribution < -0.4 is 5.32 Å². The molecule has 0 saturated heterocycles. The summed E-state index contributed by atoms with van der Waals surface area (Å²) in [7, 11) is 0. The second-order valence-electron chi connectivity index (χ2n) is 4.96. The zero-order valence-corrected chi connectivity index (χ0v) is 12.2. The Morgan fingerprint density at radius 1 is 1.15 bits per heavy atom. The number of hydrogen-bond acceptors (Lipinski definition) is 4. The average molecular weight is 302 g/mol. The van der Waals surface area contributed by atoms with Gasteiger partial charge in [0.1, 0.15) is 10.6 Å². The third kappa shape index (κ3) is 2.25. The summed E-state index contributed by atoms with van der Waals surface area (Å²) in [6.07, 6.45) is 2.41. The van der Waals surface area contributed by atoms with Crippen LogP contribution in [0.15, 0.2) is 36.4 Å². The molecule has 0 unspecified atom stereocenters. The summed E-state index contributed by atoms with van der Waals surface area (Å²) in [6, 6.07) is 13.0. The molecule has 1 saturated carbocycles. The number of fused-ring (bicyclic) bond motifs is 1. The third-order valence-electron chi connectivity index (χ3n) is 3.34. The van der Waals surface area contributed by atoms with E-state index < -0.39 is 0 Å². The van der Waals surface area contributed by atoms with E-state index in [4.69, 9.17) is 11.6 Å². The van der Waals surface area contributed by atoms with Crippen LogP contribution in [0, 0.1) is 0 Å². The lowest BCUT2D eigenvalue weighted by Crippen LogP contribution is -2.03. The Morgan fingerprint density at radius 2 is 1.95 bits per heavy atom. The molecular formula is C15H12ClN3S. The van der Waals surface area contributed by atoms with Gasteiger partial charge in [0.05, 0.1) is 5.39 Å². The zero-order chi connectivity index (χ0) is 13.5. The van der Waals surface area contributed by atoms with Crippen molar-refractivity contribution >= 4 is 39.0 Å². The maximum atomic E-state index is 6.03. The van der Waals surface area contributed by atoms with Crippen molar-refractivity contribution in [1.29, 1.82) is 0 Å². The van der Waals surface area contributed by atoms with Gasteiger partial charge in [0.2, 0.25) is 5.28 Å². The number of halogens is 1. The van der Waals surface area contributed by atoms with Crippen LogP contribution in [0.3, 0.4) is 0 Å². The minimum atomic E-state index is 0.308. The number of rotatable bonds is 3. The van der Waals surface area contributed by atoms with Crippen LogP contribution in [-0.4, -0.2) is 16.0 Å². The molecule has 3 aromatic rings. The van der Waals surface area contributed by atoms with Gasteiger partial charge in [-0.1, -0.05) is 30.3 Å². The maximum absolute atomic E-state index is 6.03. The van der Waals surface area contributed by atoms with Crippen molar-refractivity contribution in [1.82, 2.24) is 9.97 Å². The molecule has 1 fully saturated rings. The van der Waals surface area contributed by atoms with Gasteiger partial charge in [-0.3, -0.25) is 0 Å². The van der Waals surface area contributed by atoms with Gasteiger partial charge in [0.25, 0.3) is 0 Å².